The number of aryl methyl sites for hydroxylation is 2. The summed E-state index contributed by atoms with van der Waals surface area (Å²) >= 11 is 1.17. The van der Waals surface area contributed by atoms with E-state index < -0.39 is 11.2 Å². The molecule has 0 aliphatic heterocycles. The number of fused-ring (bicyclic) bond motifs is 1. The highest BCUT2D eigenvalue weighted by Gasteiger charge is 2.19. The summed E-state index contributed by atoms with van der Waals surface area (Å²) in [6.07, 6.45) is 0. The molecule has 2 aromatic carbocycles. The Hall–Kier alpha value is -3.52. The van der Waals surface area contributed by atoms with E-state index in [1.165, 1.54) is 23.4 Å². The van der Waals surface area contributed by atoms with Crippen molar-refractivity contribution in [3.8, 4) is 11.4 Å². The molecule has 4 aromatic rings. The van der Waals surface area contributed by atoms with E-state index in [9.17, 15) is 14.4 Å². The van der Waals surface area contributed by atoms with Crippen molar-refractivity contribution in [2.45, 2.75) is 11.9 Å². The lowest BCUT2D eigenvalue weighted by atomic mass is 10.1. The van der Waals surface area contributed by atoms with Crippen LogP contribution in [0.15, 0.2) is 69.2 Å². The van der Waals surface area contributed by atoms with Gasteiger partial charge in [-0.2, -0.15) is 0 Å². The maximum atomic E-state index is 12.9. The summed E-state index contributed by atoms with van der Waals surface area (Å²) in [6.45, 7) is 1.98. The van der Waals surface area contributed by atoms with E-state index in [-0.39, 0.29) is 22.6 Å². The summed E-state index contributed by atoms with van der Waals surface area (Å²) in [4.78, 5) is 47.1. The zero-order valence-corrected chi connectivity index (χ0v) is 18.1. The SMILES string of the molecule is Cc1ccc(-c2nc(SCC(=O)c3ccccc3)c3c(=O)n(C)c(=O)n(C)c3n2)cc1. The normalized spacial score (nSPS) is 11.1. The smallest absolute Gasteiger partial charge is 0.293 e. The Labute approximate surface area is 182 Å². The zero-order chi connectivity index (χ0) is 22.1. The van der Waals surface area contributed by atoms with Crippen molar-refractivity contribution in [1.82, 2.24) is 19.1 Å². The molecule has 2 heterocycles. The quantitative estimate of drug-likeness (QED) is 0.274. The number of thioether (sulfide) groups is 1. The predicted octanol–water partition coefficient (Wildman–Crippen LogP) is 2.98. The summed E-state index contributed by atoms with van der Waals surface area (Å²) < 4.78 is 2.36. The molecule has 7 nitrogen and oxygen atoms in total. The van der Waals surface area contributed by atoms with E-state index in [2.05, 4.69) is 9.97 Å². The van der Waals surface area contributed by atoms with Crippen LogP contribution in [0.1, 0.15) is 15.9 Å². The summed E-state index contributed by atoms with van der Waals surface area (Å²) in [7, 11) is 2.99. The fourth-order valence-corrected chi connectivity index (χ4v) is 4.11. The standard InChI is InChI=1S/C23H20N4O3S/c1-14-9-11-16(12-10-14)19-24-20-18(22(29)27(3)23(30)26(20)2)21(25-19)31-13-17(28)15-7-5-4-6-8-15/h4-12H,13H2,1-3H3. The molecule has 0 saturated heterocycles. The topological polar surface area (TPSA) is 86.9 Å². The van der Waals surface area contributed by atoms with Crippen LogP contribution in [0.4, 0.5) is 0 Å². The van der Waals surface area contributed by atoms with Crippen LogP contribution in [0.2, 0.25) is 0 Å². The molecule has 0 aliphatic rings. The largest absolute Gasteiger partial charge is 0.332 e. The first kappa shape index (κ1) is 20.7. The summed E-state index contributed by atoms with van der Waals surface area (Å²) in [5, 5.41) is 0.604. The monoisotopic (exact) mass is 432 g/mol. The Morgan fingerprint density at radius 2 is 1.61 bits per heavy atom. The number of carbonyl (C=O) groups is 1. The summed E-state index contributed by atoms with van der Waals surface area (Å²) in [6, 6.07) is 16.6. The second kappa shape index (κ2) is 8.31. The van der Waals surface area contributed by atoms with Crippen molar-refractivity contribution >= 4 is 28.6 Å². The van der Waals surface area contributed by atoms with Crippen LogP contribution in [-0.4, -0.2) is 30.6 Å². The highest BCUT2D eigenvalue weighted by molar-refractivity contribution is 8.00. The van der Waals surface area contributed by atoms with Gasteiger partial charge in [0.15, 0.2) is 17.3 Å². The third-order valence-electron chi connectivity index (χ3n) is 5.01. The first-order chi connectivity index (χ1) is 14.9. The van der Waals surface area contributed by atoms with Crippen molar-refractivity contribution in [3.05, 3.63) is 86.6 Å². The van der Waals surface area contributed by atoms with Gasteiger partial charge in [-0.25, -0.2) is 14.8 Å². The van der Waals surface area contributed by atoms with Gasteiger partial charge in [-0.15, -0.1) is 0 Å². The van der Waals surface area contributed by atoms with E-state index in [4.69, 9.17) is 0 Å². The van der Waals surface area contributed by atoms with E-state index >= 15 is 0 Å². The molecular weight excluding hydrogens is 412 g/mol. The van der Waals surface area contributed by atoms with E-state index in [0.717, 1.165) is 15.7 Å². The second-order valence-electron chi connectivity index (χ2n) is 7.20. The number of hydrogen-bond donors (Lipinski definition) is 0. The molecule has 0 fully saturated rings. The molecule has 0 aliphatic carbocycles. The van der Waals surface area contributed by atoms with E-state index in [1.807, 2.05) is 37.3 Å². The number of ketones is 1. The third-order valence-corrected chi connectivity index (χ3v) is 5.99. The zero-order valence-electron chi connectivity index (χ0n) is 17.3. The average molecular weight is 433 g/mol. The minimum absolute atomic E-state index is 0.0732. The van der Waals surface area contributed by atoms with Crippen LogP contribution in [-0.2, 0) is 14.1 Å². The summed E-state index contributed by atoms with van der Waals surface area (Å²) in [5.41, 5.74) is 1.73. The van der Waals surface area contributed by atoms with Crippen molar-refractivity contribution in [2.24, 2.45) is 14.1 Å². The Morgan fingerprint density at radius 3 is 2.29 bits per heavy atom. The van der Waals surface area contributed by atoms with Crippen molar-refractivity contribution in [2.75, 3.05) is 5.75 Å². The van der Waals surface area contributed by atoms with Gasteiger partial charge < -0.3 is 0 Å². The second-order valence-corrected chi connectivity index (χ2v) is 8.16. The molecule has 0 amide bonds. The Morgan fingerprint density at radius 1 is 0.935 bits per heavy atom. The minimum atomic E-state index is -0.483. The van der Waals surface area contributed by atoms with Gasteiger partial charge in [0.05, 0.1) is 5.75 Å². The van der Waals surface area contributed by atoms with Crippen molar-refractivity contribution in [3.63, 3.8) is 0 Å². The third kappa shape index (κ3) is 3.94. The Balaban J connectivity index is 1.87. The van der Waals surface area contributed by atoms with Gasteiger partial charge in [-0.3, -0.25) is 18.7 Å². The van der Waals surface area contributed by atoms with Crippen LogP contribution >= 0.6 is 11.8 Å². The molecule has 156 valence electrons. The maximum absolute atomic E-state index is 12.9. The Kier molecular flexibility index (Phi) is 5.56. The van der Waals surface area contributed by atoms with Gasteiger partial charge >= 0.3 is 5.69 Å². The number of carbonyl (C=O) groups excluding carboxylic acids is 1. The number of benzene rings is 2. The number of nitrogens with zero attached hydrogens (tertiary/aromatic N) is 4. The summed E-state index contributed by atoms with van der Waals surface area (Å²) in [5.74, 6) is 0.427. The molecular formula is C23H20N4O3S. The van der Waals surface area contributed by atoms with Gasteiger partial charge in [0.1, 0.15) is 10.4 Å². The van der Waals surface area contributed by atoms with Crippen LogP contribution < -0.4 is 11.2 Å². The molecule has 0 saturated carbocycles. The minimum Gasteiger partial charge on any atom is -0.293 e. The van der Waals surface area contributed by atoms with Gasteiger partial charge in [-0.1, -0.05) is 71.9 Å². The lowest BCUT2D eigenvalue weighted by Crippen LogP contribution is -2.37. The van der Waals surface area contributed by atoms with Crippen LogP contribution in [0.5, 0.6) is 0 Å². The van der Waals surface area contributed by atoms with Crippen LogP contribution in [0, 0.1) is 6.92 Å². The molecule has 0 atom stereocenters. The molecule has 31 heavy (non-hydrogen) atoms. The van der Waals surface area contributed by atoms with Gasteiger partial charge in [0, 0.05) is 25.2 Å². The highest BCUT2D eigenvalue weighted by Crippen LogP contribution is 2.26. The lowest BCUT2D eigenvalue weighted by Gasteiger charge is -2.12. The first-order valence-electron chi connectivity index (χ1n) is 9.62. The molecule has 0 spiro atoms. The van der Waals surface area contributed by atoms with Gasteiger partial charge in [-0.05, 0) is 6.92 Å². The number of rotatable bonds is 5. The van der Waals surface area contributed by atoms with Gasteiger partial charge in [0.25, 0.3) is 5.56 Å². The predicted molar refractivity (Wildman–Crippen MR) is 122 cm³/mol. The Bertz CT molecular complexity index is 1410. The van der Waals surface area contributed by atoms with Crippen LogP contribution in [0.3, 0.4) is 0 Å². The molecule has 0 N–H and O–H groups in total. The fraction of sp³-hybridized carbons (Fsp3) is 0.174. The van der Waals surface area contributed by atoms with Crippen LogP contribution in [0.25, 0.3) is 22.4 Å². The first-order valence-corrected chi connectivity index (χ1v) is 10.6. The van der Waals surface area contributed by atoms with Gasteiger partial charge in [0.2, 0.25) is 0 Å². The number of aromatic nitrogens is 4. The average Bonchev–Trinajstić information content (AvgIpc) is 2.80. The highest BCUT2D eigenvalue weighted by atomic mass is 32.2. The van der Waals surface area contributed by atoms with E-state index in [0.29, 0.717) is 16.4 Å². The number of hydrogen-bond acceptors (Lipinski definition) is 6. The molecule has 0 radical (unpaired) electrons. The van der Waals surface area contributed by atoms with E-state index in [1.54, 1.807) is 31.3 Å². The molecule has 4 rings (SSSR count). The van der Waals surface area contributed by atoms with Crippen molar-refractivity contribution < 1.29 is 4.79 Å². The fourth-order valence-electron chi connectivity index (χ4n) is 3.21. The molecule has 2 aromatic heterocycles. The van der Waals surface area contributed by atoms with Crippen molar-refractivity contribution in [1.29, 1.82) is 0 Å². The lowest BCUT2D eigenvalue weighted by molar-refractivity contribution is 0.102. The maximum Gasteiger partial charge on any atom is 0.332 e. The number of Topliss-reactive ketones (excluding diaryl/α,β-unsaturated/α-hetero) is 1. The molecule has 8 heteroatoms. The molecule has 0 unspecified atom stereocenters. The molecule has 0 bridgehead atoms.